The molecule has 1 aromatic rings. The predicted molar refractivity (Wildman–Crippen MR) is 116 cm³/mol. The van der Waals surface area contributed by atoms with E-state index in [1.54, 1.807) is 17.0 Å². The van der Waals surface area contributed by atoms with Gasteiger partial charge in [-0.15, -0.1) is 0 Å². The number of nitrogens with zero attached hydrogens (tertiary/aromatic N) is 3. The lowest BCUT2D eigenvalue weighted by molar-refractivity contribution is -0.136. The van der Waals surface area contributed by atoms with Gasteiger partial charge in [0.05, 0.1) is 17.7 Å². The van der Waals surface area contributed by atoms with Gasteiger partial charge in [-0.05, 0) is 49.8 Å². The second-order valence-electron chi connectivity index (χ2n) is 9.03. The number of amides is 5. The third-order valence-electron chi connectivity index (χ3n) is 6.96. The number of hydrogen-bond donors (Lipinski definition) is 1. The third kappa shape index (κ3) is 3.94. The maximum atomic E-state index is 13.0. The van der Waals surface area contributed by atoms with Crippen LogP contribution in [-0.2, 0) is 14.3 Å². The maximum absolute atomic E-state index is 13.0. The van der Waals surface area contributed by atoms with E-state index in [-0.39, 0.29) is 30.1 Å². The third-order valence-corrected chi connectivity index (χ3v) is 6.96. The number of piperidine rings is 2. The van der Waals surface area contributed by atoms with E-state index in [0.29, 0.717) is 12.5 Å². The van der Waals surface area contributed by atoms with Crippen LogP contribution < -0.4 is 10.2 Å². The second-order valence-corrected chi connectivity index (χ2v) is 9.03. The number of rotatable bonds is 4. The number of ether oxygens (including phenoxy) is 1. The molecule has 5 rings (SSSR count). The van der Waals surface area contributed by atoms with Gasteiger partial charge in [0, 0.05) is 38.3 Å². The first-order chi connectivity index (χ1) is 15.9. The van der Waals surface area contributed by atoms with E-state index in [0.717, 1.165) is 56.0 Å². The van der Waals surface area contributed by atoms with Crippen molar-refractivity contribution in [2.45, 2.75) is 38.1 Å². The number of likely N-dealkylation sites (tertiary alicyclic amines) is 1. The number of anilines is 1. The molecular formula is C23H26N4O6. The molecule has 174 valence electrons. The van der Waals surface area contributed by atoms with Crippen molar-refractivity contribution in [3.63, 3.8) is 0 Å². The summed E-state index contributed by atoms with van der Waals surface area (Å²) in [4.78, 5) is 66.2. The molecule has 1 atom stereocenters. The normalized spacial score (nSPS) is 23.4. The highest BCUT2D eigenvalue weighted by molar-refractivity contribution is 6.23. The summed E-state index contributed by atoms with van der Waals surface area (Å²) >= 11 is 0. The molecule has 0 aromatic heterocycles. The number of fused-ring (bicyclic) bond motifs is 1. The molecule has 10 heteroatoms. The van der Waals surface area contributed by atoms with Crippen LogP contribution in [0.2, 0.25) is 0 Å². The quantitative estimate of drug-likeness (QED) is 0.679. The van der Waals surface area contributed by atoms with Gasteiger partial charge in [-0.25, -0.2) is 4.79 Å². The van der Waals surface area contributed by atoms with Gasteiger partial charge in [0.2, 0.25) is 11.8 Å². The summed E-state index contributed by atoms with van der Waals surface area (Å²) in [5, 5.41) is 2.21. The molecule has 0 bridgehead atoms. The molecule has 1 aromatic carbocycles. The van der Waals surface area contributed by atoms with Crippen molar-refractivity contribution < 1.29 is 28.7 Å². The summed E-state index contributed by atoms with van der Waals surface area (Å²) in [5.41, 5.74) is 1.41. The Labute approximate surface area is 190 Å². The predicted octanol–water partition coefficient (Wildman–Crippen LogP) is 1.15. The molecule has 3 saturated heterocycles. The fourth-order valence-electron chi connectivity index (χ4n) is 4.79. The number of benzene rings is 1. The van der Waals surface area contributed by atoms with E-state index in [2.05, 4.69) is 10.2 Å². The monoisotopic (exact) mass is 454 g/mol. The number of carbonyl (C=O) groups is 5. The van der Waals surface area contributed by atoms with Crippen LogP contribution in [-0.4, -0.2) is 78.3 Å². The summed E-state index contributed by atoms with van der Waals surface area (Å²) in [6.07, 6.45) is 2.76. The van der Waals surface area contributed by atoms with Crippen LogP contribution in [0, 0.1) is 5.92 Å². The Morgan fingerprint density at radius 1 is 0.970 bits per heavy atom. The van der Waals surface area contributed by atoms with Gasteiger partial charge < -0.3 is 14.5 Å². The van der Waals surface area contributed by atoms with Gasteiger partial charge in [-0.2, -0.15) is 0 Å². The van der Waals surface area contributed by atoms with Crippen molar-refractivity contribution in [1.82, 2.24) is 15.1 Å². The topological polar surface area (TPSA) is 116 Å². The first-order valence-electron chi connectivity index (χ1n) is 11.4. The zero-order valence-corrected chi connectivity index (χ0v) is 18.2. The fourth-order valence-corrected chi connectivity index (χ4v) is 4.79. The summed E-state index contributed by atoms with van der Waals surface area (Å²) in [5.74, 6) is -1.71. The Kier molecular flexibility index (Phi) is 5.51. The van der Waals surface area contributed by atoms with Gasteiger partial charge >= 0.3 is 6.09 Å². The molecule has 10 nitrogen and oxygen atoms in total. The van der Waals surface area contributed by atoms with E-state index in [9.17, 15) is 24.0 Å². The van der Waals surface area contributed by atoms with Crippen molar-refractivity contribution in [3.05, 3.63) is 29.3 Å². The first kappa shape index (κ1) is 21.4. The van der Waals surface area contributed by atoms with Gasteiger partial charge in [-0.1, -0.05) is 0 Å². The number of imide groups is 2. The van der Waals surface area contributed by atoms with Crippen LogP contribution in [0.15, 0.2) is 18.2 Å². The van der Waals surface area contributed by atoms with Crippen LogP contribution in [0.3, 0.4) is 0 Å². The van der Waals surface area contributed by atoms with Gasteiger partial charge in [0.15, 0.2) is 0 Å². The summed E-state index contributed by atoms with van der Waals surface area (Å²) in [6.45, 7) is 3.48. The molecule has 0 radical (unpaired) electrons. The SMILES string of the molecule is O=C1CCC(N2C(=O)c3ccc(N4CCC(COC(=O)N5CCC5)CC4)cc3C2=O)C(=O)N1. The molecule has 1 unspecified atom stereocenters. The van der Waals surface area contributed by atoms with Crippen LogP contribution in [0.25, 0.3) is 0 Å². The van der Waals surface area contributed by atoms with Crippen LogP contribution in [0.5, 0.6) is 0 Å². The van der Waals surface area contributed by atoms with E-state index in [4.69, 9.17) is 4.74 Å². The Bertz CT molecular complexity index is 1030. The van der Waals surface area contributed by atoms with Crippen molar-refractivity contribution in [3.8, 4) is 0 Å². The van der Waals surface area contributed by atoms with Crippen LogP contribution in [0.4, 0.5) is 10.5 Å². The zero-order chi connectivity index (χ0) is 23.1. The molecule has 5 amide bonds. The molecule has 3 fully saturated rings. The Hall–Kier alpha value is -3.43. The van der Waals surface area contributed by atoms with Crippen molar-refractivity contribution in [2.75, 3.05) is 37.7 Å². The average molecular weight is 454 g/mol. The lowest BCUT2D eigenvalue weighted by atomic mass is 9.97. The van der Waals surface area contributed by atoms with E-state index < -0.39 is 29.7 Å². The molecule has 0 saturated carbocycles. The molecule has 0 spiro atoms. The Morgan fingerprint density at radius 3 is 2.36 bits per heavy atom. The molecule has 33 heavy (non-hydrogen) atoms. The van der Waals surface area contributed by atoms with E-state index >= 15 is 0 Å². The first-order valence-corrected chi connectivity index (χ1v) is 11.4. The van der Waals surface area contributed by atoms with E-state index in [1.165, 1.54) is 0 Å². The number of carbonyl (C=O) groups excluding carboxylic acids is 5. The largest absolute Gasteiger partial charge is 0.449 e. The zero-order valence-electron chi connectivity index (χ0n) is 18.2. The minimum atomic E-state index is -0.965. The molecular weight excluding hydrogens is 428 g/mol. The van der Waals surface area contributed by atoms with Gasteiger partial charge in [0.25, 0.3) is 11.8 Å². The molecule has 4 aliphatic rings. The van der Waals surface area contributed by atoms with Crippen molar-refractivity contribution >= 4 is 35.4 Å². The number of nitrogens with one attached hydrogen (secondary N) is 1. The van der Waals surface area contributed by atoms with E-state index in [1.807, 2.05) is 6.07 Å². The maximum Gasteiger partial charge on any atom is 0.409 e. The lowest BCUT2D eigenvalue weighted by Crippen LogP contribution is -2.54. The van der Waals surface area contributed by atoms with Crippen molar-refractivity contribution in [1.29, 1.82) is 0 Å². The highest BCUT2D eigenvalue weighted by Gasteiger charge is 2.44. The smallest absolute Gasteiger partial charge is 0.409 e. The second kappa shape index (κ2) is 8.49. The number of hydrogen-bond acceptors (Lipinski definition) is 7. The summed E-state index contributed by atoms with van der Waals surface area (Å²) < 4.78 is 5.42. The minimum absolute atomic E-state index is 0.0946. The Morgan fingerprint density at radius 2 is 1.70 bits per heavy atom. The van der Waals surface area contributed by atoms with Crippen LogP contribution in [0.1, 0.15) is 52.8 Å². The molecule has 0 aliphatic carbocycles. The highest BCUT2D eigenvalue weighted by atomic mass is 16.6. The van der Waals surface area contributed by atoms with Crippen LogP contribution >= 0.6 is 0 Å². The minimum Gasteiger partial charge on any atom is -0.449 e. The lowest BCUT2D eigenvalue weighted by Gasteiger charge is -2.34. The van der Waals surface area contributed by atoms with Gasteiger partial charge in [0.1, 0.15) is 6.04 Å². The van der Waals surface area contributed by atoms with Gasteiger partial charge in [-0.3, -0.25) is 29.4 Å². The molecule has 4 heterocycles. The average Bonchev–Trinajstić information content (AvgIpc) is 3.01. The van der Waals surface area contributed by atoms with Crippen molar-refractivity contribution in [2.24, 2.45) is 5.92 Å². The highest BCUT2D eigenvalue weighted by Crippen LogP contribution is 2.32. The fraction of sp³-hybridized carbons (Fsp3) is 0.522. The molecule has 1 N–H and O–H groups in total. The standard InChI is InChI=1S/C23H26N4O6/c28-19-5-4-18(20(29)24-19)27-21(30)16-3-2-15(12-17(16)22(27)31)25-10-6-14(7-11-25)13-33-23(32)26-8-1-9-26/h2-3,12,14,18H,1,4-11,13H2,(H,24,28,29). The summed E-state index contributed by atoms with van der Waals surface area (Å²) in [7, 11) is 0. The summed E-state index contributed by atoms with van der Waals surface area (Å²) in [6, 6.07) is 4.21. The molecule has 4 aliphatic heterocycles. The Balaban J connectivity index is 1.21.